The van der Waals surface area contributed by atoms with Crippen LogP contribution in [0.4, 0.5) is 0 Å². The molecule has 0 amide bonds. The van der Waals surface area contributed by atoms with Gasteiger partial charge in [-0.1, -0.05) is 11.6 Å². The van der Waals surface area contributed by atoms with E-state index in [0.717, 1.165) is 6.42 Å². The zero-order chi connectivity index (χ0) is 6.57. The van der Waals surface area contributed by atoms with Gasteiger partial charge in [0.05, 0.1) is 6.10 Å². The molecule has 0 saturated heterocycles. The third kappa shape index (κ3) is 5.70. The molecule has 0 aromatic rings. The minimum Gasteiger partial charge on any atom is -0.393 e. The molecule has 0 rings (SSSR count). The summed E-state index contributed by atoms with van der Waals surface area (Å²) in [5.41, 5.74) is 1.27. The molecule has 0 spiro atoms. The lowest BCUT2D eigenvalue weighted by atomic mass is 10.2. The number of aliphatic hydroxyl groups is 1. The second-order valence-corrected chi connectivity index (χ2v) is 2.37. The van der Waals surface area contributed by atoms with Crippen LogP contribution < -0.4 is 0 Å². The van der Waals surface area contributed by atoms with Gasteiger partial charge >= 0.3 is 0 Å². The minimum atomic E-state index is -0.190. The number of allylic oxidation sites excluding steroid dienone is 1. The highest BCUT2D eigenvalue weighted by atomic mass is 16.3. The van der Waals surface area contributed by atoms with E-state index in [0.29, 0.717) is 0 Å². The standard InChI is InChI=1S/C7H14O/c1-6(2)4-5-7(3)8/h4,7-8H,5H2,1-3H3/t7-/m1/s1. The van der Waals surface area contributed by atoms with Crippen LogP contribution in [0.15, 0.2) is 11.6 Å². The average molecular weight is 114 g/mol. The molecule has 48 valence electrons. The maximum absolute atomic E-state index is 8.76. The van der Waals surface area contributed by atoms with Crippen molar-refractivity contribution in [1.29, 1.82) is 0 Å². The number of aliphatic hydroxyl groups excluding tert-OH is 1. The number of hydrogen-bond acceptors (Lipinski definition) is 1. The molecule has 1 N–H and O–H groups in total. The number of hydrogen-bond donors (Lipinski definition) is 1. The second-order valence-electron chi connectivity index (χ2n) is 2.37. The first-order valence-corrected chi connectivity index (χ1v) is 2.94. The predicted octanol–water partition coefficient (Wildman–Crippen LogP) is 1.72. The Morgan fingerprint density at radius 1 is 1.62 bits per heavy atom. The highest BCUT2D eigenvalue weighted by Crippen LogP contribution is 1.95. The van der Waals surface area contributed by atoms with Crippen LogP contribution in [0.2, 0.25) is 0 Å². The smallest absolute Gasteiger partial charge is 0.0546 e. The van der Waals surface area contributed by atoms with E-state index in [4.69, 9.17) is 5.11 Å². The molecule has 1 nitrogen and oxygen atoms in total. The lowest BCUT2D eigenvalue weighted by Gasteiger charge is -1.96. The summed E-state index contributed by atoms with van der Waals surface area (Å²) in [5.74, 6) is 0. The second kappa shape index (κ2) is 3.67. The van der Waals surface area contributed by atoms with Gasteiger partial charge in [0.15, 0.2) is 0 Å². The molecule has 0 aliphatic carbocycles. The highest BCUT2D eigenvalue weighted by molar-refractivity contribution is 4.93. The van der Waals surface area contributed by atoms with Crippen LogP contribution in [0.25, 0.3) is 0 Å². The Hall–Kier alpha value is -0.300. The fraction of sp³-hybridized carbons (Fsp3) is 0.714. The van der Waals surface area contributed by atoms with E-state index in [-0.39, 0.29) is 6.10 Å². The monoisotopic (exact) mass is 114 g/mol. The fourth-order valence-corrected chi connectivity index (χ4v) is 0.406. The maximum Gasteiger partial charge on any atom is 0.0546 e. The molecule has 0 aliphatic heterocycles. The van der Waals surface area contributed by atoms with Crippen molar-refractivity contribution in [2.24, 2.45) is 0 Å². The van der Waals surface area contributed by atoms with E-state index in [1.807, 2.05) is 19.9 Å². The topological polar surface area (TPSA) is 20.2 Å². The Balaban J connectivity index is 3.29. The van der Waals surface area contributed by atoms with E-state index in [1.54, 1.807) is 6.92 Å². The van der Waals surface area contributed by atoms with Crippen molar-refractivity contribution in [1.82, 2.24) is 0 Å². The lowest BCUT2D eigenvalue weighted by molar-refractivity contribution is 0.198. The van der Waals surface area contributed by atoms with Crippen LogP contribution in [-0.2, 0) is 0 Å². The molecule has 0 aromatic heterocycles. The van der Waals surface area contributed by atoms with Crippen molar-refractivity contribution < 1.29 is 5.11 Å². The Kier molecular flexibility index (Phi) is 3.53. The summed E-state index contributed by atoms with van der Waals surface area (Å²) >= 11 is 0. The van der Waals surface area contributed by atoms with Crippen molar-refractivity contribution in [3.05, 3.63) is 11.6 Å². The first kappa shape index (κ1) is 7.70. The predicted molar refractivity (Wildman–Crippen MR) is 35.7 cm³/mol. The van der Waals surface area contributed by atoms with E-state index >= 15 is 0 Å². The molecule has 0 radical (unpaired) electrons. The van der Waals surface area contributed by atoms with E-state index in [2.05, 4.69) is 0 Å². The van der Waals surface area contributed by atoms with Crippen molar-refractivity contribution >= 4 is 0 Å². The maximum atomic E-state index is 8.76. The van der Waals surface area contributed by atoms with E-state index < -0.39 is 0 Å². The molecule has 0 saturated carbocycles. The summed E-state index contributed by atoms with van der Waals surface area (Å²) in [7, 11) is 0. The number of rotatable bonds is 2. The van der Waals surface area contributed by atoms with Gasteiger partial charge in [0.2, 0.25) is 0 Å². The third-order valence-corrected chi connectivity index (χ3v) is 0.867. The molecule has 0 heterocycles. The lowest BCUT2D eigenvalue weighted by Crippen LogP contribution is -1.95. The van der Waals surface area contributed by atoms with Gasteiger partial charge in [0.25, 0.3) is 0 Å². The molecule has 0 aromatic carbocycles. The Morgan fingerprint density at radius 3 is 2.25 bits per heavy atom. The van der Waals surface area contributed by atoms with Crippen LogP contribution >= 0.6 is 0 Å². The molecule has 0 bridgehead atoms. The molecule has 1 heteroatoms. The van der Waals surface area contributed by atoms with E-state index in [1.165, 1.54) is 5.57 Å². The summed E-state index contributed by atoms with van der Waals surface area (Å²) in [6, 6.07) is 0. The van der Waals surface area contributed by atoms with Gasteiger partial charge < -0.3 is 5.11 Å². The highest BCUT2D eigenvalue weighted by Gasteiger charge is 1.88. The zero-order valence-electron chi connectivity index (χ0n) is 5.81. The van der Waals surface area contributed by atoms with Gasteiger partial charge in [0.1, 0.15) is 0 Å². The van der Waals surface area contributed by atoms with Crippen molar-refractivity contribution in [2.45, 2.75) is 33.3 Å². The molecule has 0 fully saturated rings. The van der Waals surface area contributed by atoms with Crippen molar-refractivity contribution in [3.63, 3.8) is 0 Å². The summed E-state index contributed by atoms with van der Waals surface area (Å²) < 4.78 is 0. The largest absolute Gasteiger partial charge is 0.393 e. The SMILES string of the molecule is CC(C)=CC[C@@H](C)O. The summed E-state index contributed by atoms with van der Waals surface area (Å²) in [4.78, 5) is 0. The molecular weight excluding hydrogens is 100 g/mol. The molecule has 0 unspecified atom stereocenters. The minimum absolute atomic E-state index is 0.190. The zero-order valence-corrected chi connectivity index (χ0v) is 5.81. The molecular formula is C7H14O. The van der Waals surface area contributed by atoms with Crippen LogP contribution in [0.3, 0.4) is 0 Å². The van der Waals surface area contributed by atoms with Gasteiger partial charge in [-0.2, -0.15) is 0 Å². The van der Waals surface area contributed by atoms with Gasteiger partial charge in [-0.25, -0.2) is 0 Å². The van der Waals surface area contributed by atoms with Gasteiger partial charge in [-0.05, 0) is 27.2 Å². The summed E-state index contributed by atoms with van der Waals surface area (Å²) in [6.45, 7) is 5.85. The van der Waals surface area contributed by atoms with Crippen LogP contribution in [0.5, 0.6) is 0 Å². The van der Waals surface area contributed by atoms with Crippen molar-refractivity contribution in [3.8, 4) is 0 Å². The van der Waals surface area contributed by atoms with Gasteiger partial charge in [-0.15, -0.1) is 0 Å². The molecule has 8 heavy (non-hydrogen) atoms. The first-order valence-electron chi connectivity index (χ1n) is 2.94. The average Bonchev–Trinajstić information content (AvgIpc) is 1.61. The Labute approximate surface area is 51.0 Å². The Morgan fingerprint density at radius 2 is 2.12 bits per heavy atom. The van der Waals surface area contributed by atoms with Crippen LogP contribution in [0, 0.1) is 0 Å². The summed E-state index contributed by atoms with van der Waals surface area (Å²) in [6.07, 6.45) is 2.62. The normalized spacial score (nSPS) is 13.0. The van der Waals surface area contributed by atoms with E-state index in [9.17, 15) is 0 Å². The summed E-state index contributed by atoms with van der Waals surface area (Å²) in [5, 5.41) is 8.76. The first-order chi connectivity index (χ1) is 3.63. The molecule has 0 aliphatic rings. The molecule has 1 atom stereocenters. The van der Waals surface area contributed by atoms with Crippen LogP contribution in [-0.4, -0.2) is 11.2 Å². The van der Waals surface area contributed by atoms with Gasteiger partial charge in [-0.3, -0.25) is 0 Å². The quantitative estimate of drug-likeness (QED) is 0.542. The van der Waals surface area contributed by atoms with Crippen LogP contribution in [0.1, 0.15) is 27.2 Å². The third-order valence-electron chi connectivity index (χ3n) is 0.867. The van der Waals surface area contributed by atoms with Gasteiger partial charge in [0, 0.05) is 0 Å². The Bertz CT molecular complexity index is 78.4. The fourth-order valence-electron chi connectivity index (χ4n) is 0.406. The van der Waals surface area contributed by atoms with Crippen molar-refractivity contribution in [2.75, 3.05) is 0 Å².